The van der Waals surface area contributed by atoms with Crippen LogP contribution in [0.5, 0.6) is 0 Å². The summed E-state index contributed by atoms with van der Waals surface area (Å²) in [7, 11) is 10.6. The molecule has 0 unspecified atom stereocenters. The van der Waals surface area contributed by atoms with Gasteiger partial charge in [0.1, 0.15) is 19.6 Å². The molecule has 0 aromatic carbocycles. The second-order valence-electron chi connectivity index (χ2n) is 5.73. The lowest BCUT2D eigenvalue weighted by atomic mass is 10.4. The largest absolute Gasteiger partial charge is 1.00 e. The first-order valence-corrected chi connectivity index (χ1v) is 5.58. The molecule has 6 heteroatoms. The smallest absolute Gasteiger partial charge is 0.102 e. The van der Waals surface area contributed by atoms with Gasteiger partial charge in [0.15, 0.2) is 0 Å². The van der Waals surface area contributed by atoms with Crippen molar-refractivity contribution in [3.05, 3.63) is 0 Å². The van der Waals surface area contributed by atoms with Gasteiger partial charge in [-0.15, -0.1) is 0 Å². The van der Waals surface area contributed by atoms with E-state index in [9.17, 15) is 0 Å². The van der Waals surface area contributed by atoms with E-state index in [1.54, 1.807) is 0 Å². The van der Waals surface area contributed by atoms with Crippen LogP contribution < -0.4 is 34.0 Å². The number of nitrogens with zero attached hydrogens (tertiary/aromatic N) is 2. The predicted octanol–water partition coefficient (Wildman–Crippen LogP) is -6.21. The van der Waals surface area contributed by atoms with Crippen molar-refractivity contribution in [3.63, 3.8) is 0 Å². The first-order chi connectivity index (χ1) is 6.77. The van der Waals surface area contributed by atoms with E-state index in [2.05, 4.69) is 35.2 Å². The van der Waals surface area contributed by atoms with Crippen LogP contribution >= 0.6 is 0 Å². The number of ether oxygens (including phenoxy) is 1. The Morgan fingerprint density at radius 2 is 1.47 bits per heavy atom. The van der Waals surface area contributed by atoms with Crippen molar-refractivity contribution >= 4 is 0 Å². The van der Waals surface area contributed by atoms with E-state index in [4.69, 9.17) is 9.84 Å². The van der Waals surface area contributed by atoms with Gasteiger partial charge in [-0.2, -0.15) is 0 Å². The van der Waals surface area contributed by atoms with Crippen molar-refractivity contribution in [2.45, 2.75) is 0 Å². The van der Waals surface area contributed by atoms with Gasteiger partial charge < -0.3 is 52.8 Å². The van der Waals surface area contributed by atoms with E-state index in [1.165, 1.54) is 13.1 Å². The molecule has 17 heavy (non-hydrogen) atoms. The third-order valence-corrected chi connectivity index (χ3v) is 2.45. The first-order valence-electron chi connectivity index (χ1n) is 5.58. The molecule has 0 aliphatic carbocycles. The molecule has 108 valence electrons. The summed E-state index contributed by atoms with van der Waals surface area (Å²) in [4.78, 5) is 0. The highest BCUT2D eigenvalue weighted by Crippen LogP contribution is 2.01. The first kappa shape index (κ1) is 22.9. The minimum atomic E-state index is 0. The Balaban J connectivity index is -0.000000208. The fourth-order valence-corrected chi connectivity index (χ4v) is 1.14. The summed E-state index contributed by atoms with van der Waals surface area (Å²) >= 11 is 0. The maximum absolute atomic E-state index is 8.39. The van der Waals surface area contributed by atoms with E-state index >= 15 is 0 Å². The molecule has 0 amide bonds. The standard InChI is InChI=1S/C6H14NO.C5H14NO.2BrH/c1-7(2)3-5-8-6-4-7;1-6(2,3)4-5-7;;/h3-6H2,1-2H3;7H,4-5H2,1-3H3;2*1H/q2*+1;;/p-2. The Morgan fingerprint density at radius 1 is 1.06 bits per heavy atom. The molecule has 0 atom stereocenters. The zero-order valence-corrected chi connectivity index (χ0v) is 14.9. The highest BCUT2D eigenvalue weighted by atomic mass is 79.9. The van der Waals surface area contributed by atoms with E-state index < -0.39 is 0 Å². The zero-order valence-electron chi connectivity index (χ0n) is 11.7. The summed E-state index contributed by atoms with van der Waals surface area (Å²) in [5, 5.41) is 8.39. The third kappa shape index (κ3) is 16.8. The van der Waals surface area contributed by atoms with E-state index in [-0.39, 0.29) is 40.6 Å². The van der Waals surface area contributed by atoms with Crippen molar-refractivity contribution in [2.75, 3.05) is 74.7 Å². The van der Waals surface area contributed by atoms with Gasteiger partial charge in [0.2, 0.25) is 0 Å². The highest BCUT2D eigenvalue weighted by molar-refractivity contribution is 4.40. The highest BCUT2D eigenvalue weighted by Gasteiger charge is 2.18. The van der Waals surface area contributed by atoms with E-state index in [1.807, 2.05) is 0 Å². The van der Waals surface area contributed by atoms with Gasteiger partial charge in [-0.25, -0.2) is 0 Å². The number of halogens is 2. The minimum Gasteiger partial charge on any atom is -1.00 e. The van der Waals surface area contributed by atoms with Crippen LogP contribution in [0.4, 0.5) is 0 Å². The molecule has 1 heterocycles. The second kappa shape index (κ2) is 10.7. The molecule has 1 rings (SSSR count). The van der Waals surface area contributed by atoms with Crippen LogP contribution in [0.1, 0.15) is 0 Å². The van der Waals surface area contributed by atoms with Gasteiger partial charge in [0.05, 0.1) is 55.1 Å². The van der Waals surface area contributed by atoms with Crippen LogP contribution in [0, 0.1) is 0 Å². The lowest BCUT2D eigenvalue weighted by Gasteiger charge is -2.33. The molecule has 0 radical (unpaired) electrons. The van der Waals surface area contributed by atoms with Gasteiger partial charge in [-0.3, -0.25) is 0 Å². The quantitative estimate of drug-likeness (QED) is 0.484. The summed E-state index contributed by atoms with van der Waals surface area (Å²) in [6, 6.07) is 0. The van der Waals surface area contributed by atoms with Crippen LogP contribution in [0.3, 0.4) is 0 Å². The Kier molecular flexibility index (Phi) is 14.4. The van der Waals surface area contributed by atoms with Gasteiger partial charge in [0.25, 0.3) is 0 Å². The summed E-state index contributed by atoms with van der Waals surface area (Å²) in [5.74, 6) is 0. The van der Waals surface area contributed by atoms with Crippen LogP contribution in [-0.2, 0) is 4.74 Å². The fraction of sp³-hybridized carbons (Fsp3) is 1.00. The van der Waals surface area contributed by atoms with Gasteiger partial charge >= 0.3 is 0 Å². The van der Waals surface area contributed by atoms with Gasteiger partial charge in [-0.1, -0.05) is 0 Å². The van der Waals surface area contributed by atoms with Crippen LogP contribution in [0.15, 0.2) is 0 Å². The molecule has 0 bridgehead atoms. The topological polar surface area (TPSA) is 29.5 Å². The number of quaternary nitrogens is 2. The number of aliphatic hydroxyl groups excluding tert-OH is 1. The molecule has 4 nitrogen and oxygen atoms in total. The zero-order chi connectivity index (χ0) is 11.9. The van der Waals surface area contributed by atoms with Crippen molar-refractivity contribution in [2.24, 2.45) is 0 Å². The Bertz CT molecular complexity index is 165. The number of hydrogen-bond acceptors (Lipinski definition) is 2. The van der Waals surface area contributed by atoms with E-state index in [0.29, 0.717) is 0 Å². The molecule has 1 aliphatic heterocycles. The number of aliphatic hydroxyl groups is 1. The molecule has 1 fully saturated rings. The SMILES string of the molecule is C[N+](C)(C)CCO.C[N+]1(C)CCOCC1.[Br-].[Br-]. The number of morpholine rings is 1. The van der Waals surface area contributed by atoms with Gasteiger partial charge in [-0.05, 0) is 0 Å². The average molecular weight is 380 g/mol. The number of rotatable bonds is 2. The average Bonchev–Trinajstić information content (AvgIpc) is 2.02. The summed E-state index contributed by atoms with van der Waals surface area (Å²) in [6.45, 7) is 5.32. The molecule has 0 aromatic heterocycles. The molecule has 0 spiro atoms. The normalized spacial score (nSPS) is 18.0. The number of hydrogen-bond donors (Lipinski definition) is 1. The van der Waals surface area contributed by atoms with Crippen molar-refractivity contribution in [3.8, 4) is 0 Å². The Hall–Kier alpha value is 0.800. The minimum absolute atomic E-state index is 0. The fourth-order valence-electron chi connectivity index (χ4n) is 1.14. The maximum Gasteiger partial charge on any atom is 0.102 e. The Labute approximate surface area is 127 Å². The van der Waals surface area contributed by atoms with Gasteiger partial charge in [0, 0.05) is 0 Å². The van der Waals surface area contributed by atoms with Crippen molar-refractivity contribution < 1.29 is 52.8 Å². The maximum atomic E-state index is 8.39. The van der Waals surface area contributed by atoms with Crippen LogP contribution in [-0.4, -0.2) is 88.8 Å². The Morgan fingerprint density at radius 3 is 1.59 bits per heavy atom. The lowest BCUT2D eigenvalue weighted by Crippen LogP contribution is -3.00. The molecule has 0 saturated carbocycles. The third-order valence-electron chi connectivity index (χ3n) is 2.45. The van der Waals surface area contributed by atoms with Crippen molar-refractivity contribution in [1.29, 1.82) is 0 Å². The summed E-state index contributed by atoms with van der Waals surface area (Å²) < 4.78 is 7.16. The second-order valence-corrected chi connectivity index (χ2v) is 5.73. The van der Waals surface area contributed by atoms with Crippen LogP contribution in [0.2, 0.25) is 0 Å². The molecular weight excluding hydrogens is 352 g/mol. The van der Waals surface area contributed by atoms with E-state index in [0.717, 1.165) is 28.7 Å². The molecular formula is C11H28Br2N2O2. The van der Waals surface area contributed by atoms with Crippen LogP contribution in [0.25, 0.3) is 0 Å². The summed E-state index contributed by atoms with van der Waals surface area (Å²) in [5.41, 5.74) is 0. The molecule has 1 saturated heterocycles. The van der Waals surface area contributed by atoms with Crippen molar-refractivity contribution in [1.82, 2.24) is 0 Å². The molecule has 0 aromatic rings. The summed E-state index contributed by atoms with van der Waals surface area (Å²) in [6.07, 6.45) is 0. The molecule has 1 aliphatic rings. The molecule has 1 N–H and O–H groups in total. The lowest BCUT2D eigenvalue weighted by molar-refractivity contribution is -0.898. The number of likely N-dealkylation sites (N-methyl/N-ethyl adjacent to an activating group) is 2. The predicted molar refractivity (Wildman–Crippen MR) is 62.6 cm³/mol. The monoisotopic (exact) mass is 378 g/mol.